The van der Waals surface area contributed by atoms with Crippen molar-refractivity contribution in [1.29, 1.82) is 0 Å². The van der Waals surface area contributed by atoms with E-state index in [1.54, 1.807) is 0 Å². The van der Waals surface area contributed by atoms with Gasteiger partial charge in [0.2, 0.25) is 0 Å². The lowest BCUT2D eigenvalue weighted by Gasteiger charge is -2.33. The third-order valence-electron chi connectivity index (χ3n) is 4.23. The zero-order chi connectivity index (χ0) is 16.7. The van der Waals surface area contributed by atoms with Gasteiger partial charge in [-0.3, -0.25) is 4.98 Å². The second kappa shape index (κ2) is 5.45. The third-order valence-corrected chi connectivity index (χ3v) is 4.23. The van der Waals surface area contributed by atoms with Gasteiger partial charge in [-0.2, -0.15) is 0 Å². The zero-order valence-electron chi connectivity index (χ0n) is 14.2. The number of aliphatic imine (C=N–C) groups is 1. The van der Waals surface area contributed by atoms with Crippen LogP contribution in [0.2, 0.25) is 0 Å². The molecule has 2 heterocycles. The fraction of sp³-hybridized carbons (Fsp3) is 0.238. The molecule has 0 amide bonds. The Balaban J connectivity index is 1.90. The zero-order valence-corrected chi connectivity index (χ0v) is 14.2. The molecule has 3 nitrogen and oxygen atoms in total. The fourth-order valence-corrected chi connectivity index (χ4v) is 2.90. The molecule has 1 atom stereocenters. The van der Waals surface area contributed by atoms with Crippen molar-refractivity contribution in [3.8, 4) is 5.75 Å². The first-order chi connectivity index (χ1) is 11.5. The van der Waals surface area contributed by atoms with Crippen LogP contribution in [0.1, 0.15) is 31.9 Å². The molecule has 0 radical (unpaired) electrons. The number of para-hydroxylation sites is 2. The first kappa shape index (κ1) is 14.9. The molecule has 120 valence electrons. The Kier molecular flexibility index (Phi) is 3.38. The summed E-state index contributed by atoms with van der Waals surface area (Å²) in [5, 5.41) is 1.12. The quantitative estimate of drug-likeness (QED) is 0.644. The lowest BCUT2D eigenvalue weighted by Crippen LogP contribution is -2.34. The number of nitrogens with zero attached hydrogens (tertiary/aromatic N) is 2. The summed E-state index contributed by atoms with van der Waals surface area (Å²) in [7, 11) is 0. The van der Waals surface area contributed by atoms with Gasteiger partial charge in [-0.25, -0.2) is 4.99 Å². The second-order valence-corrected chi connectivity index (χ2v) is 7.23. The summed E-state index contributed by atoms with van der Waals surface area (Å²) in [4.78, 5) is 9.52. The van der Waals surface area contributed by atoms with Crippen LogP contribution >= 0.6 is 0 Å². The van der Waals surface area contributed by atoms with Crippen molar-refractivity contribution in [3.05, 3.63) is 71.9 Å². The number of rotatable bonds is 1. The van der Waals surface area contributed by atoms with Crippen LogP contribution in [0.3, 0.4) is 0 Å². The fourth-order valence-electron chi connectivity index (χ4n) is 2.90. The first-order valence-electron chi connectivity index (χ1n) is 8.21. The molecule has 0 N–H and O–H groups in total. The highest BCUT2D eigenvalue weighted by atomic mass is 16.5. The predicted molar refractivity (Wildman–Crippen MR) is 97.7 cm³/mol. The van der Waals surface area contributed by atoms with Crippen molar-refractivity contribution >= 4 is 16.6 Å². The van der Waals surface area contributed by atoms with E-state index < -0.39 is 0 Å². The molecule has 3 aromatic rings. The highest BCUT2D eigenvalue weighted by molar-refractivity contribution is 6.15. The Morgan fingerprint density at radius 3 is 2.54 bits per heavy atom. The molecule has 1 aliphatic rings. The number of benzene rings is 2. The molecule has 1 unspecified atom stereocenters. The minimum absolute atomic E-state index is 0.0803. The largest absolute Gasteiger partial charge is 0.467 e. The van der Waals surface area contributed by atoms with Gasteiger partial charge in [0.15, 0.2) is 6.23 Å². The minimum atomic E-state index is -0.214. The third kappa shape index (κ3) is 2.56. The van der Waals surface area contributed by atoms with Crippen LogP contribution in [-0.2, 0) is 0 Å². The summed E-state index contributed by atoms with van der Waals surface area (Å²) in [6.07, 6.45) is 1.69. The Morgan fingerprint density at radius 1 is 0.958 bits per heavy atom. The van der Waals surface area contributed by atoms with E-state index >= 15 is 0 Å². The highest BCUT2D eigenvalue weighted by Crippen LogP contribution is 2.34. The van der Waals surface area contributed by atoms with E-state index in [0.717, 1.165) is 33.5 Å². The number of hydrogen-bond donors (Lipinski definition) is 0. The normalized spacial score (nSPS) is 17.1. The smallest absolute Gasteiger partial charge is 0.195 e. The molecule has 0 spiro atoms. The predicted octanol–water partition coefficient (Wildman–Crippen LogP) is 4.84. The molecule has 0 saturated heterocycles. The molecular weight excluding hydrogens is 296 g/mol. The summed E-state index contributed by atoms with van der Waals surface area (Å²) in [6, 6.07) is 18.4. The average Bonchev–Trinajstić information content (AvgIpc) is 2.59. The van der Waals surface area contributed by atoms with E-state index in [1.165, 1.54) is 0 Å². The summed E-state index contributed by atoms with van der Waals surface area (Å²) >= 11 is 0. The van der Waals surface area contributed by atoms with Crippen molar-refractivity contribution in [3.63, 3.8) is 0 Å². The SMILES string of the molecule is CC(C)(C)C1N=C(c2cnc3ccccc3c2)c2ccccc2O1. The Bertz CT molecular complexity index is 938. The van der Waals surface area contributed by atoms with E-state index in [0.29, 0.717) is 0 Å². The van der Waals surface area contributed by atoms with Crippen molar-refractivity contribution in [2.24, 2.45) is 10.4 Å². The van der Waals surface area contributed by atoms with Gasteiger partial charge >= 0.3 is 0 Å². The van der Waals surface area contributed by atoms with Gasteiger partial charge in [-0.15, -0.1) is 0 Å². The molecule has 0 saturated carbocycles. The molecule has 1 aromatic heterocycles. The summed E-state index contributed by atoms with van der Waals surface area (Å²) < 4.78 is 6.13. The first-order valence-corrected chi connectivity index (χ1v) is 8.21. The molecular formula is C21H20N2O. The molecule has 3 heteroatoms. The standard InChI is InChI=1S/C21H20N2O/c1-21(2,3)20-23-19(16-9-5-7-11-18(16)24-20)15-12-14-8-4-6-10-17(14)22-13-15/h4-13,20H,1-3H3. The second-order valence-electron chi connectivity index (χ2n) is 7.23. The summed E-state index contributed by atoms with van der Waals surface area (Å²) in [5.74, 6) is 0.885. The summed E-state index contributed by atoms with van der Waals surface area (Å²) in [6.45, 7) is 6.43. The Labute approximate surface area is 142 Å². The van der Waals surface area contributed by atoms with Gasteiger partial charge < -0.3 is 4.74 Å². The maximum absolute atomic E-state index is 6.13. The monoisotopic (exact) mass is 316 g/mol. The van der Waals surface area contributed by atoms with Gasteiger partial charge in [0.25, 0.3) is 0 Å². The molecule has 0 fully saturated rings. The van der Waals surface area contributed by atoms with Gasteiger partial charge in [0, 0.05) is 28.1 Å². The van der Waals surface area contributed by atoms with Gasteiger partial charge in [-0.05, 0) is 24.3 Å². The van der Waals surface area contributed by atoms with Gasteiger partial charge in [0.1, 0.15) is 5.75 Å². The van der Waals surface area contributed by atoms with Crippen LogP contribution in [0.5, 0.6) is 5.75 Å². The van der Waals surface area contributed by atoms with E-state index in [2.05, 4.69) is 44.0 Å². The van der Waals surface area contributed by atoms with E-state index in [-0.39, 0.29) is 11.6 Å². The van der Waals surface area contributed by atoms with Gasteiger partial charge in [-0.1, -0.05) is 51.1 Å². The van der Waals surface area contributed by atoms with E-state index in [9.17, 15) is 0 Å². The number of pyridine rings is 1. The van der Waals surface area contributed by atoms with E-state index in [1.807, 2.05) is 42.6 Å². The molecule has 2 aromatic carbocycles. The number of fused-ring (bicyclic) bond motifs is 2. The minimum Gasteiger partial charge on any atom is -0.467 e. The number of ether oxygens (including phenoxy) is 1. The lowest BCUT2D eigenvalue weighted by atomic mass is 9.92. The molecule has 1 aliphatic heterocycles. The van der Waals surface area contributed by atoms with Crippen LogP contribution in [0.15, 0.2) is 65.8 Å². The molecule has 0 aliphatic carbocycles. The van der Waals surface area contributed by atoms with Crippen LogP contribution < -0.4 is 4.74 Å². The van der Waals surface area contributed by atoms with Crippen molar-refractivity contribution in [1.82, 2.24) is 4.98 Å². The Hall–Kier alpha value is -2.68. The van der Waals surface area contributed by atoms with Crippen LogP contribution in [0.25, 0.3) is 10.9 Å². The van der Waals surface area contributed by atoms with E-state index in [4.69, 9.17) is 9.73 Å². The average molecular weight is 316 g/mol. The maximum Gasteiger partial charge on any atom is 0.195 e. The molecule has 0 bridgehead atoms. The number of hydrogen-bond acceptors (Lipinski definition) is 3. The molecule has 24 heavy (non-hydrogen) atoms. The highest BCUT2D eigenvalue weighted by Gasteiger charge is 2.31. The molecule has 4 rings (SSSR count). The van der Waals surface area contributed by atoms with Crippen LogP contribution in [0, 0.1) is 5.41 Å². The summed E-state index contributed by atoms with van der Waals surface area (Å²) in [5.41, 5.74) is 3.92. The van der Waals surface area contributed by atoms with Crippen LogP contribution in [0.4, 0.5) is 0 Å². The number of aromatic nitrogens is 1. The Morgan fingerprint density at radius 2 is 1.71 bits per heavy atom. The lowest BCUT2D eigenvalue weighted by molar-refractivity contribution is 0.0914. The van der Waals surface area contributed by atoms with Crippen molar-refractivity contribution < 1.29 is 4.74 Å². The van der Waals surface area contributed by atoms with Gasteiger partial charge in [0.05, 0.1) is 11.2 Å². The maximum atomic E-state index is 6.13. The van der Waals surface area contributed by atoms with Crippen LogP contribution in [-0.4, -0.2) is 16.9 Å². The topological polar surface area (TPSA) is 34.5 Å². The van der Waals surface area contributed by atoms with Crippen molar-refractivity contribution in [2.75, 3.05) is 0 Å². The van der Waals surface area contributed by atoms with Crippen molar-refractivity contribution in [2.45, 2.75) is 27.0 Å².